The summed E-state index contributed by atoms with van der Waals surface area (Å²) in [6, 6.07) is 20.6. The van der Waals surface area contributed by atoms with Crippen LogP contribution in [0.3, 0.4) is 0 Å². The van der Waals surface area contributed by atoms with Crippen molar-refractivity contribution >= 4 is 63.6 Å². The SMILES string of the molecule is CSNc1ccc2oc(C(=O)N[C@@H](Cc3ccc(Cl)cc3)C(=O)N3CCN(c4ccccc4CN4CCCC4=O)CC3)cc(=O)c2c1. The molecule has 12 heteroatoms. The Hall–Kier alpha value is -4.48. The van der Waals surface area contributed by atoms with Crippen LogP contribution in [0.5, 0.6) is 0 Å². The Bertz CT molecular complexity index is 1840. The van der Waals surface area contributed by atoms with Gasteiger partial charge in [-0.3, -0.25) is 19.2 Å². The molecule has 0 saturated carbocycles. The van der Waals surface area contributed by atoms with Crippen molar-refractivity contribution in [3.63, 3.8) is 0 Å². The highest BCUT2D eigenvalue weighted by Crippen LogP contribution is 2.26. The number of hydrogen-bond acceptors (Lipinski definition) is 8. The smallest absolute Gasteiger partial charge is 0.287 e. The lowest BCUT2D eigenvalue weighted by Crippen LogP contribution is -2.55. The lowest BCUT2D eigenvalue weighted by atomic mass is 10.0. The van der Waals surface area contributed by atoms with Gasteiger partial charge in [0.2, 0.25) is 11.8 Å². The van der Waals surface area contributed by atoms with Crippen molar-refractivity contribution in [2.75, 3.05) is 48.6 Å². The van der Waals surface area contributed by atoms with E-state index in [0.29, 0.717) is 49.6 Å². The number of para-hydroxylation sites is 1. The van der Waals surface area contributed by atoms with E-state index in [1.165, 1.54) is 11.9 Å². The van der Waals surface area contributed by atoms with Crippen LogP contribution < -0.4 is 20.4 Å². The predicted molar refractivity (Wildman–Crippen MR) is 186 cm³/mol. The van der Waals surface area contributed by atoms with Crippen LogP contribution in [-0.4, -0.2) is 72.5 Å². The van der Waals surface area contributed by atoms with Crippen LogP contribution in [0.25, 0.3) is 11.0 Å². The highest BCUT2D eigenvalue weighted by atomic mass is 35.5. The average molecular weight is 674 g/mol. The molecule has 0 spiro atoms. The Morgan fingerprint density at radius 1 is 0.957 bits per heavy atom. The molecule has 2 N–H and O–H groups in total. The van der Waals surface area contributed by atoms with Gasteiger partial charge in [-0.1, -0.05) is 53.9 Å². The van der Waals surface area contributed by atoms with Crippen molar-refractivity contribution in [1.29, 1.82) is 0 Å². The summed E-state index contributed by atoms with van der Waals surface area (Å²) in [6.45, 7) is 3.47. The van der Waals surface area contributed by atoms with Crippen LogP contribution in [-0.2, 0) is 22.6 Å². The van der Waals surface area contributed by atoms with Crippen molar-refractivity contribution in [2.24, 2.45) is 0 Å². The third-order valence-electron chi connectivity index (χ3n) is 8.58. The van der Waals surface area contributed by atoms with E-state index in [9.17, 15) is 19.2 Å². The summed E-state index contributed by atoms with van der Waals surface area (Å²) in [5.74, 6) is -0.851. The lowest BCUT2D eigenvalue weighted by Gasteiger charge is -2.38. The molecule has 2 saturated heterocycles. The molecule has 0 bridgehead atoms. The van der Waals surface area contributed by atoms with E-state index >= 15 is 0 Å². The summed E-state index contributed by atoms with van der Waals surface area (Å²) >= 11 is 7.50. The number of benzene rings is 3. The molecule has 3 amide bonds. The van der Waals surface area contributed by atoms with Crippen molar-refractivity contribution in [3.05, 3.63) is 105 Å². The number of likely N-dealkylation sites (tertiary alicyclic amines) is 1. The van der Waals surface area contributed by atoms with E-state index in [0.717, 1.165) is 41.5 Å². The molecule has 47 heavy (non-hydrogen) atoms. The molecular weight excluding hydrogens is 638 g/mol. The fourth-order valence-electron chi connectivity index (χ4n) is 6.15. The minimum atomic E-state index is -0.905. The minimum absolute atomic E-state index is 0.167. The second-order valence-corrected chi connectivity index (χ2v) is 12.8. The molecule has 244 valence electrons. The summed E-state index contributed by atoms with van der Waals surface area (Å²) < 4.78 is 8.92. The Labute approximate surface area is 282 Å². The fraction of sp³-hybridized carbons (Fsp3) is 0.314. The molecular formula is C35H36ClN5O5S. The van der Waals surface area contributed by atoms with Crippen LogP contribution in [0.15, 0.2) is 82.0 Å². The van der Waals surface area contributed by atoms with E-state index in [4.69, 9.17) is 16.0 Å². The molecule has 3 aromatic carbocycles. The van der Waals surface area contributed by atoms with Crippen molar-refractivity contribution in [1.82, 2.24) is 15.1 Å². The summed E-state index contributed by atoms with van der Waals surface area (Å²) in [5, 5.41) is 3.77. The first-order valence-electron chi connectivity index (χ1n) is 15.6. The molecule has 1 aromatic heterocycles. The number of piperazine rings is 1. The monoisotopic (exact) mass is 673 g/mol. The summed E-state index contributed by atoms with van der Waals surface area (Å²) in [7, 11) is 0. The van der Waals surface area contributed by atoms with E-state index in [-0.39, 0.29) is 35.0 Å². The maximum atomic E-state index is 14.0. The highest BCUT2D eigenvalue weighted by molar-refractivity contribution is 7.99. The van der Waals surface area contributed by atoms with Gasteiger partial charge < -0.3 is 29.2 Å². The molecule has 0 radical (unpaired) electrons. The number of halogens is 1. The van der Waals surface area contributed by atoms with Crippen LogP contribution >= 0.6 is 23.5 Å². The van der Waals surface area contributed by atoms with Gasteiger partial charge in [0, 0.05) is 80.8 Å². The van der Waals surface area contributed by atoms with Crippen molar-refractivity contribution in [2.45, 2.75) is 31.8 Å². The number of fused-ring (bicyclic) bond motifs is 1. The number of carbonyl (C=O) groups is 3. The van der Waals surface area contributed by atoms with Gasteiger partial charge in [0.1, 0.15) is 11.6 Å². The number of carbonyl (C=O) groups excluding carboxylic acids is 3. The molecule has 10 nitrogen and oxygen atoms in total. The predicted octanol–water partition coefficient (Wildman–Crippen LogP) is 4.95. The van der Waals surface area contributed by atoms with Crippen LogP contribution in [0, 0.1) is 0 Å². The molecule has 2 aliphatic heterocycles. The zero-order valence-electron chi connectivity index (χ0n) is 26.0. The number of nitrogens with zero attached hydrogens (tertiary/aromatic N) is 3. The third kappa shape index (κ3) is 7.58. The first kappa shape index (κ1) is 32.5. The second-order valence-electron chi connectivity index (χ2n) is 11.7. The molecule has 1 atom stereocenters. The van der Waals surface area contributed by atoms with Gasteiger partial charge in [0.25, 0.3) is 5.91 Å². The molecule has 0 aliphatic carbocycles. The molecule has 3 heterocycles. The van der Waals surface area contributed by atoms with Crippen molar-refractivity contribution in [3.8, 4) is 0 Å². The molecule has 4 aromatic rings. The maximum absolute atomic E-state index is 14.0. The fourth-order valence-corrected chi connectivity index (χ4v) is 6.64. The van der Waals surface area contributed by atoms with E-state index in [1.807, 2.05) is 35.4 Å². The van der Waals surface area contributed by atoms with Gasteiger partial charge >= 0.3 is 0 Å². The average Bonchev–Trinajstić information content (AvgIpc) is 3.49. The first-order chi connectivity index (χ1) is 22.8. The quantitative estimate of drug-likeness (QED) is 0.228. The van der Waals surface area contributed by atoms with Crippen LogP contribution in [0.1, 0.15) is 34.5 Å². The van der Waals surface area contributed by atoms with Crippen LogP contribution in [0.2, 0.25) is 5.02 Å². The second kappa shape index (κ2) is 14.5. The number of amides is 3. The topological polar surface area (TPSA) is 115 Å². The lowest BCUT2D eigenvalue weighted by molar-refractivity contribution is -0.133. The normalized spacial score (nSPS) is 15.6. The summed E-state index contributed by atoms with van der Waals surface area (Å²) in [6.07, 6.45) is 3.59. The molecule has 0 unspecified atom stereocenters. The number of anilines is 2. The third-order valence-corrected chi connectivity index (χ3v) is 9.28. The molecule has 2 fully saturated rings. The number of rotatable bonds is 10. The Morgan fingerprint density at radius 3 is 2.45 bits per heavy atom. The zero-order valence-corrected chi connectivity index (χ0v) is 27.6. The van der Waals surface area contributed by atoms with Gasteiger partial charge in [-0.15, -0.1) is 0 Å². The summed E-state index contributed by atoms with van der Waals surface area (Å²) in [4.78, 5) is 58.7. The first-order valence-corrected chi connectivity index (χ1v) is 17.2. The molecule has 2 aliphatic rings. The standard InChI is InChI=1S/C35H36ClN5O5S/c1-47-38-26-12-13-31-27(20-26)30(42)21-32(46-31)34(44)37-28(19-23-8-10-25(36)11-9-23)35(45)40-17-15-39(16-18-40)29-6-3-2-5-24(29)22-41-14-4-7-33(41)43/h2-3,5-6,8-13,20-21,28,38H,4,7,14-19,22H2,1H3,(H,37,44)/t28-/m0/s1. The van der Waals surface area contributed by atoms with E-state index < -0.39 is 11.9 Å². The Balaban J connectivity index is 1.18. The summed E-state index contributed by atoms with van der Waals surface area (Å²) in [5.41, 5.74) is 3.64. The van der Waals surface area contributed by atoms with Crippen molar-refractivity contribution < 1.29 is 18.8 Å². The largest absolute Gasteiger partial charge is 0.451 e. The van der Waals surface area contributed by atoms with Crippen LogP contribution in [0.4, 0.5) is 11.4 Å². The molecule has 6 rings (SSSR count). The van der Waals surface area contributed by atoms with Gasteiger partial charge in [-0.25, -0.2) is 0 Å². The van der Waals surface area contributed by atoms with E-state index in [1.54, 1.807) is 35.2 Å². The van der Waals surface area contributed by atoms with Gasteiger partial charge in [-0.2, -0.15) is 0 Å². The number of nitrogens with one attached hydrogen (secondary N) is 2. The van der Waals surface area contributed by atoms with Gasteiger partial charge in [0.05, 0.1) is 5.39 Å². The Morgan fingerprint density at radius 2 is 1.72 bits per heavy atom. The van der Waals surface area contributed by atoms with Gasteiger partial charge in [0.15, 0.2) is 11.2 Å². The Kier molecular flexibility index (Phi) is 10.0. The highest BCUT2D eigenvalue weighted by Gasteiger charge is 2.31. The van der Waals surface area contributed by atoms with Gasteiger partial charge in [-0.05, 0) is 53.9 Å². The number of hydrogen-bond donors (Lipinski definition) is 2. The maximum Gasteiger partial charge on any atom is 0.287 e. The zero-order chi connectivity index (χ0) is 32.9. The minimum Gasteiger partial charge on any atom is -0.451 e. The van der Waals surface area contributed by atoms with E-state index in [2.05, 4.69) is 27.1 Å².